The second-order valence-corrected chi connectivity index (χ2v) is 6.40. The first-order valence-electron chi connectivity index (χ1n) is 8.54. The number of aromatic nitrogens is 4. The van der Waals surface area contributed by atoms with Crippen molar-refractivity contribution in [3.05, 3.63) is 54.1 Å². The number of nitrogens with zero attached hydrogens (tertiary/aromatic N) is 4. The van der Waals surface area contributed by atoms with Crippen LogP contribution in [0, 0.1) is 13.8 Å². The molecule has 0 amide bonds. The predicted molar refractivity (Wildman–Crippen MR) is 94.8 cm³/mol. The monoisotopic (exact) mass is 338 g/mol. The molecular formula is C19H22N4O2. The van der Waals surface area contributed by atoms with Crippen LogP contribution in [0.5, 0.6) is 0 Å². The van der Waals surface area contributed by atoms with Gasteiger partial charge in [0.15, 0.2) is 0 Å². The molecule has 130 valence electrons. The molecule has 3 aromatic rings. The van der Waals surface area contributed by atoms with Gasteiger partial charge in [-0.05, 0) is 37.1 Å². The van der Waals surface area contributed by atoms with E-state index >= 15 is 0 Å². The van der Waals surface area contributed by atoms with Crippen LogP contribution in [-0.4, -0.2) is 45.3 Å². The standard InChI is InChI=1S/C19H22N4O2/c1-14-10-15(2)18(23-6-3-4-21-23)17(11-14)19-20-5-7-22(19)12-16-13-24-8-9-25-16/h3-7,10-11,16H,8-9,12-13H2,1-2H3/t16-/m1/s1. The number of hydrogen-bond acceptors (Lipinski definition) is 4. The maximum atomic E-state index is 5.80. The Bertz CT molecular complexity index is 848. The molecule has 4 rings (SSSR count). The van der Waals surface area contributed by atoms with E-state index in [1.54, 1.807) is 6.20 Å². The molecule has 6 heteroatoms. The van der Waals surface area contributed by atoms with Crippen molar-refractivity contribution in [1.29, 1.82) is 0 Å². The quantitative estimate of drug-likeness (QED) is 0.734. The van der Waals surface area contributed by atoms with Gasteiger partial charge < -0.3 is 14.0 Å². The van der Waals surface area contributed by atoms with Crippen LogP contribution in [0.1, 0.15) is 11.1 Å². The third kappa shape index (κ3) is 3.23. The van der Waals surface area contributed by atoms with Crippen LogP contribution >= 0.6 is 0 Å². The van der Waals surface area contributed by atoms with Crippen LogP contribution in [0.4, 0.5) is 0 Å². The zero-order valence-corrected chi connectivity index (χ0v) is 14.6. The number of aryl methyl sites for hydroxylation is 2. The molecular weight excluding hydrogens is 316 g/mol. The molecule has 1 saturated heterocycles. The summed E-state index contributed by atoms with van der Waals surface area (Å²) >= 11 is 0. The van der Waals surface area contributed by atoms with Gasteiger partial charge in [0.2, 0.25) is 0 Å². The van der Waals surface area contributed by atoms with Crippen molar-refractivity contribution in [1.82, 2.24) is 19.3 Å². The van der Waals surface area contributed by atoms with Gasteiger partial charge in [0, 0.05) is 30.4 Å². The summed E-state index contributed by atoms with van der Waals surface area (Å²) in [4.78, 5) is 4.63. The Labute approximate surface area is 147 Å². The van der Waals surface area contributed by atoms with E-state index < -0.39 is 0 Å². The number of rotatable bonds is 4. The maximum absolute atomic E-state index is 5.80. The molecule has 1 aliphatic heterocycles. The van der Waals surface area contributed by atoms with Crippen molar-refractivity contribution in [2.24, 2.45) is 0 Å². The molecule has 1 atom stereocenters. The Hall–Kier alpha value is -2.44. The summed E-state index contributed by atoms with van der Waals surface area (Å²) in [6.07, 6.45) is 7.65. The molecule has 0 saturated carbocycles. The lowest BCUT2D eigenvalue weighted by Gasteiger charge is -2.24. The summed E-state index contributed by atoms with van der Waals surface area (Å²) in [5.41, 5.74) is 4.51. The van der Waals surface area contributed by atoms with Crippen LogP contribution in [0.25, 0.3) is 17.1 Å². The van der Waals surface area contributed by atoms with Crippen molar-refractivity contribution < 1.29 is 9.47 Å². The minimum absolute atomic E-state index is 0.0563. The molecule has 0 N–H and O–H groups in total. The van der Waals surface area contributed by atoms with E-state index in [2.05, 4.69) is 40.6 Å². The molecule has 1 aromatic carbocycles. The molecule has 2 aromatic heterocycles. The molecule has 0 spiro atoms. The minimum Gasteiger partial charge on any atom is -0.376 e. The molecule has 6 nitrogen and oxygen atoms in total. The van der Waals surface area contributed by atoms with E-state index in [0.29, 0.717) is 19.8 Å². The molecule has 0 aliphatic carbocycles. The zero-order chi connectivity index (χ0) is 17.2. The molecule has 1 aliphatic rings. The van der Waals surface area contributed by atoms with E-state index in [1.807, 2.05) is 29.3 Å². The fourth-order valence-corrected chi connectivity index (χ4v) is 3.40. The normalized spacial score (nSPS) is 17.8. The fourth-order valence-electron chi connectivity index (χ4n) is 3.40. The highest BCUT2D eigenvalue weighted by atomic mass is 16.6. The first kappa shape index (κ1) is 16.1. The van der Waals surface area contributed by atoms with Crippen LogP contribution < -0.4 is 0 Å². The first-order valence-corrected chi connectivity index (χ1v) is 8.54. The molecule has 25 heavy (non-hydrogen) atoms. The van der Waals surface area contributed by atoms with E-state index in [1.165, 1.54) is 11.1 Å². The minimum atomic E-state index is 0.0563. The predicted octanol–water partition coefficient (Wildman–Crippen LogP) is 2.77. The Morgan fingerprint density at radius 2 is 2.08 bits per heavy atom. The summed E-state index contributed by atoms with van der Waals surface area (Å²) in [7, 11) is 0. The van der Waals surface area contributed by atoms with Crippen LogP contribution in [0.15, 0.2) is 43.0 Å². The average molecular weight is 338 g/mol. The van der Waals surface area contributed by atoms with Gasteiger partial charge in [0.1, 0.15) is 5.82 Å². The third-order valence-corrected chi connectivity index (χ3v) is 4.42. The molecule has 0 unspecified atom stereocenters. The van der Waals surface area contributed by atoms with Gasteiger partial charge in [-0.2, -0.15) is 5.10 Å². The summed E-state index contributed by atoms with van der Waals surface area (Å²) in [5.74, 6) is 0.923. The van der Waals surface area contributed by atoms with E-state index in [9.17, 15) is 0 Å². The van der Waals surface area contributed by atoms with Crippen LogP contribution in [0.2, 0.25) is 0 Å². The first-order chi connectivity index (χ1) is 12.2. The van der Waals surface area contributed by atoms with Crippen LogP contribution in [-0.2, 0) is 16.0 Å². The second kappa shape index (κ2) is 6.82. The highest BCUT2D eigenvalue weighted by molar-refractivity contribution is 5.71. The maximum Gasteiger partial charge on any atom is 0.142 e. The van der Waals surface area contributed by atoms with Gasteiger partial charge in [-0.3, -0.25) is 0 Å². The van der Waals surface area contributed by atoms with Crippen molar-refractivity contribution in [3.63, 3.8) is 0 Å². The molecule has 0 bridgehead atoms. The third-order valence-electron chi connectivity index (χ3n) is 4.42. The fraction of sp³-hybridized carbons (Fsp3) is 0.368. The topological polar surface area (TPSA) is 54.1 Å². The summed E-state index contributed by atoms with van der Waals surface area (Å²) in [6, 6.07) is 6.27. The summed E-state index contributed by atoms with van der Waals surface area (Å²) < 4.78 is 15.4. The SMILES string of the molecule is Cc1cc(C)c(-n2cccn2)c(-c2nccn2C[C@@H]2COCCO2)c1. The highest BCUT2D eigenvalue weighted by Crippen LogP contribution is 2.30. The lowest BCUT2D eigenvalue weighted by atomic mass is 10.0. The number of hydrogen-bond donors (Lipinski definition) is 0. The Kier molecular flexibility index (Phi) is 4.38. The lowest BCUT2D eigenvalue weighted by molar-refractivity contribution is -0.0934. The Morgan fingerprint density at radius 1 is 1.16 bits per heavy atom. The van der Waals surface area contributed by atoms with E-state index in [0.717, 1.165) is 23.6 Å². The van der Waals surface area contributed by atoms with Crippen molar-refractivity contribution in [2.75, 3.05) is 19.8 Å². The summed E-state index contributed by atoms with van der Waals surface area (Å²) in [5, 5.41) is 4.43. The second-order valence-electron chi connectivity index (χ2n) is 6.40. The Morgan fingerprint density at radius 3 is 2.84 bits per heavy atom. The zero-order valence-electron chi connectivity index (χ0n) is 14.6. The lowest BCUT2D eigenvalue weighted by Crippen LogP contribution is -2.32. The molecule has 0 radical (unpaired) electrons. The highest BCUT2D eigenvalue weighted by Gasteiger charge is 2.20. The van der Waals surface area contributed by atoms with Gasteiger partial charge in [-0.25, -0.2) is 9.67 Å². The van der Waals surface area contributed by atoms with Gasteiger partial charge in [-0.1, -0.05) is 6.07 Å². The Balaban J connectivity index is 1.76. The van der Waals surface area contributed by atoms with Crippen molar-refractivity contribution >= 4 is 0 Å². The van der Waals surface area contributed by atoms with E-state index in [-0.39, 0.29) is 6.10 Å². The average Bonchev–Trinajstić information content (AvgIpc) is 3.27. The van der Waals surface area contributed by atoms with Crippen molar-refractivity contribution in [2.45, 2.75) is 26.5 Å². The smallest absolute Gasteiger partial charge is 0.142 e. The number of ether oxygens (including phenoxy) is 2. The number of benzene rings is 1. The van der Waals surface area contributed by atoms with E-state index in [4.69, 9.17) is 9.47 Å². The van der Waals surface area contributed by atoms with Gasteiger partial charge in [-0.15, -0.1) is 0 Å². The van der Waals surface area contributed by atoms with Gasteiger partial charge in [0.25, 0.3) is 0 Å². The molecule has 1 fully saturated rings. The number of imidazole rings is 1. The molecule has 3 heterocycles. The van der Waals surface area contributed by atoms with Crippen molar-refractivity contribution in [3.8, 4) is 17.1 Å². The van der Waals surface area contributed by atoms with Gasteiger partial charge in [0.05, 0.1) is 38.2 Å². The largest absolute Gasteiger partial charge is 0.376 e. The summed E-state index contributed by atoms with van der Waals surface area (Å²) in [6.45, 7) is 6.88. The van der Waals surface area contributed by atoms with Gasteiger partial charge >= 0.3 is 0 Å². The van der Waals surface area contributed by atoms with Crippen LogP contribution in [0.3, 0.4) is 0 Å².